The number of aromatic hydroxyl groups is 1. The lowest BCUT2D eigenvalue weighted by Crippen LogP contribution is -2.50. The molecule has 0 saturated carbocycles. The summed E-state index contributed by atoms with van der Waals surface area (Å²) in [6, 6.07) is 13.1. The number of hydrogen-bond donors (Lipinski definition) is 1. The van der Waals surface area contributed by atoms with Crippen LogP contribution < -0.4 is 0 Å². The van der Waals surface area contributed by atoms with E-state index in [1.807, 2.05) is 30.1 Å². The summed E-state index contributed by atoms with van der Waals surface area (Å²) >= 11 is 0. The number of carbonyl (C=O) groups excluding carboxylic acids is 1. The van der Waals surface area contributed by atoms with Gasteiger partial charge >= 0.3 is 6.03 Å². The lowest BCUT2D eigenvalue weighted by Gasteiger charge is -2.50. The first-order valence-corrected chi connectivity index (χ1v) is 13.1. The molecular weight excluding hydrogens is 439 g/mol. The zero-order valence-corrected chi connectivity index (χ0v) is 22.0. The standard InChI is InChI=1S/C30H41FN2O2/c1-21-9-15-24(16-12-22-10-13-23(31)14-11-22)33(21)28(35)32(5)20-19-30(4)26-7-6-8-27(34)25(26)17-18-29(30,2)3/h6-8,10-11,13-14,21,24,34H,9,12,15-20H2,1-5H3/t21-,24-,30+/m1/s1. The van der Waals surface area contributed by atoms with Crippen LogP contribution in [0.15, 0.2) is 42.5 Å². The largest absolute Gasteiger partial charge is 0.508 e. The average molecular weight is 481 g/mol. The maximum Gasteiger partial charge on any atom is 0.320 e. The molecule has 0 aromatic heterocycles. The number of rotatable bonds is 6. The molecule has 190 valence electrons. The molecule has 0 bridgehead atoms. The lowest BCUT2D eigenvalue weighted by atomic mass is 9.55. The number of phenols is 1. The second-order valence-corrected chi connectivity index (χ2v) is 11.6. The molecule has 1 N–H and O–H groups in total. The molecule has 2 aliphatic rings. The second-order valence-electron chi connectivity index (χ2n) is 11.6. The van der Waals surface area contributed by atoms with Gasteiger partial charge in [-0.05, 0) is 97.6 Å². The third-order valence-electron chi connectivity index (χ3n) is 9.20. The van der Waals surface area contributed by atoms with Gasteiger partial charge in [0.05, 0.1) is 0 Å². The van der Waals surface area contributed by atoms with E-state index in [2.05, 4.69) is 38.7 Å². The summed E-state index contributed by atoms with van der Waals surface area (Å²) in [7, 11) is 1.92. The Morgan fingerprint density at radius 3 is 2.57 bits per heavy atom. The molecule has 0 unspecified atom stereocenters. The van der Waals surface area contributed by atoms with E-state index in [4.69, 9.17) is 0 Å². The topological polar surface area (TPSA) is 43.8 Å². The highest BCUT2D eigenvalue weighted by Gasteiger charge is 2.47. The SMILES string of the molecule is C[C@@H]1CC[C@H](CCc2ccc(F)cc2)N1C(=O)N(C)CC[C@@]1(C)c2cccc(O)c2CCC1(C)C. The molecule has 2 aromatic rings. The van der Waals surface area contributed by atoms with Crippen LogP contribution in [0.5, 0.6) is 5.75 Å². The molecule has 1 heterocycles. The van der Waals surface area contributed by atoms with Gasteiger partial charge in [0, 0.05) is 25.7 Å². The van der Waals surface area contributed by atoms with Crippen LogP contribution in [-0.4, -0.2) is 46.6 Å². The van der Waals surface area contributed by atoms with Crippen molar-refractivity contribution in [3.05, 3.63) is 65.0 Å². The van der Waals surface area contributed by atoms with Gasteiger partial charge in [0.25, 0.3) is 0 Å². The van der Waals surface area contributed by atoms with Crippen molar-refractivity contribution in [3.8, 4) is 5.75 Å². The van der Waals surface area contributed by atoms with Gasteiger partial charge in [-0.2, -0.15) is 0 Å². The summed E-state index contributed by atoms with van der Waals surface area (Å²) in [6.07, 6.45) is 6.52. The highest BCUT2D eigenvalue weighted by molar-refractivity contribution is 5.75. The Balaban J connectivity index is 1.44. The lowest BCUT2D eigenvalue weighted by molar-refractivity contribution is 0.109. The smallest absolute Gasteiger partial charge is 0.320 e. The number of benzene rings is 2. The number of likely N-dealkylation sites (tertiary alicyclic amines) is 1. The van der Waals surface area contributed by atoms with Crippen LogP contribution in [-0.2, 0) is 18.3 Å². The fourth-order valence-corrected chi connectivity index (χ4v) is 6.27. The molecule has 5 heteroatoms. The van der Waals surface area contributed by atoms with Gasteiger partial charge in [0.15, 0.2) is 0 Å². The van der Waals surface area contributed by atoms with Crippen molar-refractivity contribution >= 4 is 6.03 Å². The second kappa shape index (κ2) is 9.83. The van der Waals surface area contributed by atoms with Crippen LogP contribution in [0.25, 0.3) is 0 Å². The normalized spacial score (nSPS) is 25.4. The highest BCUT2D eigenvalue weighted by atomic mass is 19.1. The first-order valence-electron chi connectivity index (χ1n) is 13.1. The van der Waals surface area contributed by atoms with Gasteiger partial charge in [-0.1, -0.05) is 45.0 Å². The molecule has 1 aliphatic carbocycles. The Bertz CT molecular complexity index is 1050. The fraction of sp³-hybridized carbons (Fsp3) is 0.567. The molecule has 1 saturated heterocycles. The number of halogens is 1. The van der Waals surface area contributed by atoms with Crippen LogP contribution in [0.3, 0.4) is 0 Å². The Morgan fingerprint density at radius 1 is 1.14 bits per heavy atom. The number of carbonyl (C=O) groups is 1. The van der Waals surface area contributed by atoms with E-state index in [9.17, 15) is 14.3 Å². The predicted molar refractivity (Wildman–Crippen MR) is 139 cm³/mol. The third-order valence-corrected chi connectivity index (χ3v) is 9.20. The Hall–Kier alpha value is -2.56. The van der Waals surface area contributed by atoms with E-state index in [1.165, 1.54) is 17.7 Å². The number of hydrogen-bond acceptors (Lipinski definition) is 2. The molecule has 0 spiro atoms. The summed E-state index contributed by atoms with van der Waals surface area (Å²) in [5, 5.41) is 10.5. The third kappa shape index (κ3) is 4.92. The molecule has 4 rings (SSSR count). The number of amides is 2. The Labute approximate surface area is 210 Å². The van der Waals surface area contributed by atoms with E-state index in [1.54, 1.807) is 6.07 Å². The molecule has 2 aromatic carbocycles. The van der Waals surface area contributed by atoms with E-state index in [-0.39, 0.29) is 34.8 Å². The number of aryl methyl sites for hydroxylation is 1. The zero-order valence-electron chi connectivity index (χ0n) is 22.0. The Kier molecular flexibility index (Phi) is 7.17. The predicted octanol–water partition coefficient (Wildman–Crippen LogP) is 6.69. The molecule has 3 atom stereocenters. The molecule has 0 radical (unpaired) electrons. The molecule has 1 aliphatic heterocycles. The highest BCUT2D eigenvalue weighted by Crippen LogP contribution is 2.53. The van der Waals surface area contributed by atoms with Crippen LogP contribution in [0.2, 0.25) is 0 Å². The van der Waals surface area contributed by atoms with Crippen LogP contribution >= 0.6 is 0 Å². The first-order chi connectivity index (χ1) is 16.5. The minimum absolute atomic E-state index is 0.0658. The van der Waals surface area contributed by atoms with Crippen molar-refractivity contribution in [1.82, 2.24) is 9.80 Å². The van der Waals surface area contributed by atoms with Crippen molar-refractivity contribution in [1.29, 1.82) is 0 Å². The maximum atomic E-state index is 13.6. The first kappa shape index (κ1) is 25.5. The van der Waals surface area contributed by atoms with Crippen molar-refractivity contribution in [3.63, 3.8) is 0 Å². The quantitative estimate of drug-likeness (QED) is 0.501. The van der Waals surface area contributed by atoms with Crippen LogP contribution in [0.1, 0.15) is 76.5 Å². The van der Waals surface area contributed by atoms with Gasteiger partial charge in [-0.25, -0.2) is 9.18 Å². The summed E-state index contributed by atoms with van der Waals surface area (Å²) in [4.78, 5) is 17.6. The van der Waals surface area contributed by atoms with Crippen LogP contribution in [0.4, 0.5) is 9.18 Å². The maximum absolute atomic E-state index is 13.6. The molecule has 2 amide bonds. The summed E-state index contributed by atoms with van der Waals surface area (Å²) in [5.41, 5.74) is 3.34. The summed E-state index contributed by atoms with van der Waals surface area (Å²) < 4.78 is 13.2. The van der Waals surface area contributed by atoms with Crippen molar-refractivity contribution in [2.75, 3.05) is 13.6 Å². The van der Waals surface area contributed by atoms with Gasteiger partial charge in [-0.3, -0.25) is 0 Å². The van der Waals surface area contributed by atoms with Crippen molar-refractivity contribution in [2.45, 2.75) is 90.1 Å². The molecule has 1 fully saturated rings. The fourth-order valence-electron chi connectivity index (χ4n) is 6.27. The molecule has 35 heavy (non-hydrogen) atoms. The molecular formula is C30H41FN2O2. The van der Waals surface area contributed by atoms with E-state index < -0.39 is 0 Å². The minimum Gasteiger partial charge on any atom is -0.508 e. The van der Waals surface area contributed by atoms with E-state index >= 15 is 0 Å². The van der Waals surface area contributed by atoms with E-state index in [0.717, 1.165) is 56.1 Å². The number of fused-ring (bicyclic) bond motifs is 1. The number of nitrogens with zero attached hydrogens (tertiary/aromatic N) is 2. The van der Waals surface area contributed by atoms with Gasteiger partial charge in [-0.15, -0.1) is 0 Å². The summed E-state index contributed by atoms with van der Waals surface area (Å²) in [6.45, 7) is 9.74. The zero-order chi connectivity index (χ0) is 25.4. The van der Waals surface area contributed by atoms with Gasteiger partial charge < -0.3 is 14.9 Å². The van der Waals surface area contributed by atoms with E-state index in [0.29, 0.717) is 12.3 Å². The Morgan fingerprint density at radius 2 is 1.86 bits per heavy atom. The minimum atomic E-state index is -0.214. The van der Waals surface area contributed by atoms with Crippen molar-refractivity contribution < 1.29 is 14.3 Å². The number of urea groups is 1. The van der Waals surface area contributed by atoms with Crippen LogP contribution in [0, 0.1) is 11.2 Å². The van der Waals surface area contributed by atoms with Gasteiger partial charge in [0.2, 0.25) is 0 Å². The van der Waals surface area contributed by atoms with Gasteiger partial charge in [0.1, 0.15) is 11.6 Å². The monoisotopic (exact) mass is 480 g/mol. The molecule has 4 nitrogen and oxygen atoms in total. The summed E-state index contributed by atoms with van der Waals surface area (Å²) in [5.74, 6) is 0.179. The van der Waals surface area contributed by atoms with Crippen molar-refractivity contribution in [2.24, 2.45) is 5.41 Å². The average Bonchev–Trinajstić information content (AvgIpc) is 3.19. The number of phenolic OH excluding ortho intramolecular Hbond substituents is 1.